The number of nitrogens with zero attached hydrogens (tertiary/aromatic N) is 2. The molecule has 0 saturated carbocycles. The van der Waals surface area contributed by atoms with Crippen LogP contribution in [0.4, 0.5) is 5.95 Å². The average molecular weight is 365 g/mol. The Morgan fingerprint density at radius 2 is 2.12 bits per heavy atom. The first-order valence-electron chi connectivity index (χ1n) is 6.67. The number of aromatic nitrogens is 2. The van der Waals surface area contributed by atoms with Crippen LogP contribution in [0.5, 0.6) is 0 Å². The van der Waals surface area contributed by atoms with Gasteiger partial charge >= 0.3 is 7.82 Å². The summed E-state index contributed by atoms with van der Waals surface area (Å²) < 4.78 is 21.4. The third-order valence-corrected chi connectivity index (χ3v) is 3.63. The molecular formula is C11H16N3O9P. The third-order valence-electron chi connectivity index (χ3n) is 3.14. The molecule has 5 N–H and O–H groups in total. The fourth-order valence-electron chi connectivity index (χ4n) is 2.14. The molecule has 13 heteroatoms. The van der Waals surface area contributed by atoms with Crippen LogP contribution in [-0.2, 0) is 18.6 Å². The van der Waals surface area contributed by atoms with Gasteiger partial charge in [-0.2, -0.15) is 4.98 Å². The number of amides is 1. The lowest BCUT2D eigenvalue weighted by molar-refractivity contribution is -0.114. The Morgan fingerprint density at radius 3 is 2.71 bits per heavy atom. The van der Waals surface area contributed by atoms with Crippen molar-refractivity contribution in [3.05, 3.63) is 22.6 Å². The minimum atomic E-state index is -4.78. The molecule has 0 aliphatic carbocycles. The summed E-state index contributed by atoms with van der Waals surface area (Å²) in [5.41, 5.74) is -0.649. The summed E-state index contributed by atoms with van der Waals surface area (Å²) >= 11 is 0. The van der Waals surface area contributed by atoms with Gasteiger partial charge in [0, 0.05) is 19.2 Å². The van der Waals surface area contributed by atoms with E-state index in [0.29, 0.717) is 0 Å². The van der Waals surface area contributed by atoms with Crippen molar-refractivity contribution in [1.29, 1.82) is 0 Å². The minimum Gasteiger partial charge on any atom is -0.387 e. The van der Waals surface area contributed by atoms with Crippen molar-refractivity contribution in [1.82, 2.24) is 9.55 Å². The van der Waals surface area contributed by atoms with Gasteiger partial charge in [0.15, 0.2) is 6.23 Å². The van der Waals surface area contributed by atoms with Crippen LogP contribution in [0.2, 0.25) is 0 Å². The lowest BCUT2D eigenvalue weighted by Crippen LogP contribution is -2.34. The van der Waals surface area contributed by atoms with E-state index in [9.17, 15) is 24.4 Å². The molecule has 0 spiro atoms. The Morgan fingerprint density at radius 1 is 1.46 bits per heavy atom. The van der Waals surface area contributed by atoms with E-state index >= 15 is 0 Å². The summed E-state index contributed by atoms with van der Waals surface area (Å²) in [6.45, 7) is 0.503. The molecule has 1 aliphatic rings. The van der Waals surface area contributed by atoms with Gasteiger partial charge in [-0.15, -0.1) is 0 Å². The second kappa shape index (κ2) is 7.07. The van der Waals surface area contributed by atoms with Gasteiger partial charge in [-0.05, 0) is 0 Å². The SMILES string of the molecule is CC(=O)Nc1nc(=O)ccn1[C@@H]1O[C@H](COP(=O)(O)O)[C@@H](O)[C@H]1O. The zero-order chi connectivity index (χ0) is 18.1. The fraction of sp³-hybridized carbons (Fsp3) is 0.545. The second-order valence-electron chi connectivity index (χ2n) is 5.01. The Bertz CT molecular complexity index is 717. The Labute approximate surface area is 134 Å². The highest BCUT2D eigenvalue weighted by molar-refractivity contribution is 7.46. The van der Waals surface area contributed by atoms with Crippen LogP contribution in [0.1, 0.15) is 13.2 Å². The van der Waals surface area contributed by atoms with E-state index in [1.54, 1.807) is 0 Å². The molecule has 0 radical (unpaired) electrons. The first-order valence-corrected chi connectivity index (χ1v) is 8.20. The van der Waals surface area contributed by atoms with E-state index < -0.39 is 50.4 Å². The molecule has 0 bridgehead atoms. The van der Waals surface area contributed by atoms with Crippen LogP contribution in [0, 0.1) is 0 Å². The van der Waals surface area contributed by atoms with Crippen molar-refractivity contribution in [2.24, 2.45) is 0 Å². The average Bonchev–Trinajstić information content (AvgIpc) is 2.72. The molecule has 1 aromatic rings. The van der Waals surface area contributed by atoms with Crippen LogP contribution in [0.25, 0.3) is 0 Å². The molecule has 2 rings (SSSR count). The fourth-order valence-corrected chi connectivity index (χ4v) is 2.48. The smallest absolute Gasteiger partial charge is 0.387 e. The second-order valence-corrected chi connectivity index (χ2v) is 6.25. The Hall–Kier alpha value is -1.66. The highest BCUT2D eigenvalue weighted by atomic mass is 31.2. The van der Waals surface area contributed by atoms with Gasteiger partial charge in [-0.25, -0.2) is 4.57 Å². The number of nitrogens with one attached hydrogen (secondary N) is 1. The summed E-state index contributed by atoms with van der Waals surface area (Å²) in [5, 5.41) is 22.3. The van der Waals surface area contributed by atoms with Crippen molar-refractivity contribution >= 4 is 19.7 Å². The molecule has 1 aliphatic heterocycles. The van der Waals surface area contributed by atoms with Gasteiger partial charge in [0.25, 0.3) is 5.56 Å². The van der Waals surface area contributed by atoms with E-state index in [0.717, 1.165) is 10.6 Å². The molecule has 0 aromatic carbocycles. The monoisotopic (exact) mass is 365 g/mol. The zero-order valence-corrected chi connectivity index (χ0v) is 13.2. The molecule has 134 valence electrons. The van der Waals surface area contributed by atoms with Crippen LogP contribution >= 0.6 is 7.82 Å². The van der Waals surface area contributed by atoms with E-state index in [2.05, 4.69) is 14.8 Å². The summed E-state index contributed by atoms with van der Waals surface area (Å²) in [4.78, 5) is 43.4. The molecule has 12 nitrogen and oxygen atoms in total. The van der Waals surface area contributed by atoms with Crippen LogP contribution in [0.15, 0.2) is 17.1 Å². The molecule has 1 fully saturated rings. The molecule has 4 atom stereocenters. The summed E-state index contributed by atoms with van der Waals surface area (Å²) in [6.07, 6.45) is -4.37. The number of phosphoric ester groups is 1. The normalized spacial score (nSPS) is 27.2. The largest absolute Gasteiger partial charge is 0.469 e. The number of carbonyl (C=O) groups is 1. The van der Waals surface area contributed by atoms with Gasteiger partial charge in [-0.1, -0.05) is 0 Å². The molecular weight excluding hydrogens is 349 g/mol. The van der Waals surface area contributed by atoms with Gasteiger partial charge < -0.3 is 24.7 Å². The van der Waals surface area contributed by atoms with Crippen LogP contribution in [-0.4, -0.2) is 60.4 Å². The first kappa shape index (κ1) is 18.7. The lowest BCUT2D eigenvalue weighted by Gasteiger charge is -2.21. The number of ether oxygens (including phenoxy) is 1. The maximum atomic E-state index is 11.3. The van der Waals surface area contributed by atoms with E-state index in [4.69, 9.17) is 14.5 Å². The van der Waals surface area contributed by atoms with E-state index in [1.165, 1.54) is 13.1 Å². The van der Waals surface area contributed by atoms with Crippen molar-refractivity contribution < 1.29 is 38.6 Å². The number of aliphatic hydroxyl groups is 2. The third kappa shape index (κ3) is 4.45. The predicted octanol–water partition coefficient (Wildman–Crippen LogP) is -2.07. The van der Waals surface area contributed by atoms with E-state index in [1.807, 2.05) is 0 Å². The van der Waals surface area contributed by atoms with Gasteiger partial charge in [0.1, 0.15) is 18.3 Å². The van der Waals surface area contributed by atoms with Crippen molar-refractivity contribution in [2.45, 2.75) is 31.5 Å². The van der Waals surface area contributed by atoms with Gasteiger partial charge in [0.2, 0.25) is 11.9 Å². The number of aliphatic hydroxyl groups excluding tert-OH is 2. The standard InChI is InChI=1S/C11H16N3O9P/c1-5(15)12-11-13-7(16)2-3-14(11)10-9(18)8(17)6(23-10)4-22-24(19,20)21/h2-3,6,8-10,17-18H,4H2,1H3,(H2,19,20,21)(H,12,13,15,16)/t6-,8-,9-,10-/m1/s1. The number of carbonyl (C=O) groups excluding carboxylic acids is 1. The Balaban J connectivity index is 2.24. The quantitative estimate of drug-likeness (QED) is 0.364. The van der Waals surface area contributed by atoms with Crippen LogP contribution < -0.4 is 10.9 Å². The number of anilines is 1. The number of rotatable bonds is 5. The summed E-state index contributed by atoms with van der Waals surface area (Å²) in [6, 6.07) is 1.05. The molecule has 1 aromatic heterocycles. The lowest BCUT2D eigenvalue weighted by atomic mass is 10.1. The summed E-state index contributed by atoms with van der Waals surface area (Å²) in [5.74, 6) is -0.751. The molecule has 0 unspecified atom stereocenters. The molecule has 2 heterocycles. The van der Waals surface area contributed by atoms with Crippen molar-refractivity contribution in [2.75, 3.05) is 11.9 Å². The highest BCUT2D eigenvalue weighted by Gasteiger charge is 2.45. The minimum absolute atomic E-state index is 0.220. The molecule has 1 saturated heterocycles. The van der Waals surface area contributed by atoms with Gasteiger partial charge in [-0.3, -0.25) is 24.0 Å². The first-order chi connectivity index (χ1) is 11.1. The van der Waals surface area contributed by atoms with E-state index in [-0.39, 0.29) is 5.95 Å². The maximum Gasteiger partial charge on any atom is 0.469 e. The highest BCUT2D eigenvalue weighted by Crippen LogP contribution is 2.38. The topological polar surface area (TPSA) is 180 Å². The van der Waals surface area contributed by atoms with Crippen LogP contribution in [0.3, 0.4) is 0 Å². The van der Waals surface area contributed by atoms with Crippen molar-refractivity contribution in [3.63, 3.8) is 0 Å². The molecule has 24 heavy (non-hydrogen) atoms. The summed E-state index contributed by atoms with van der Waals surface area (Å²) in [7, 11) is -4.78. The number of hydrogen-bond acceptors (Lipinski definition) is 8. The number of hydrogen-bond donors (Lipinski definition) is 5. The maximum absolute atomic E-state index is 11.3. The number of phosphoric acid groups is 1. The Kier molecular flexibility index (Phi) is 5.50. The van der Waals surface area contributed by atoms with Crippen molar-refractivity contribution in [3.8, 4) is 0 Å². The predicted molar refractivity (Wildman–Crippen MR) is 76.7 cm³/mol. The van der Waals surface area contributed by atoms with Gasteiger partial charge in [0.05, 0.1) is 6.61 Å². The zero-order valence-electron chi connectivity index (χ0n) is 12.3. The molecule has 1 amide bonds.